The lowest BCUT2D eigenvalue weighted by Crippen LogP contribution is -2.19. The lowest BCUT2D eigenvalue weighted by molar-refractivity contribution is -0.111. The topological polar surface area (TPSA) is 87.5 Å². The number of rotatable bonds is 5. The number of fused-ring (bicyclic) bond motifs is 1. The molecule has 0 saturated heterocycles. The van der Waals surface area contributed by atoms with Crippen molar-refractivity contribution in [2.24, 2.45) is 0 Å². The number of benzene rings is 2. The minimum Gasteiger partial charge on any atom is -0.323 e. The standard InChI is InChI=1S/C23H21N5O2S/c1-15-14-28-20(16(2)24-23(28)31-15)12-13-21(29)25-18-8-10-19(11-9-18)27-22(30)26-17-6-4-3-5-7-17/h3-14H,1-2H3,(H,25,29)(H2,26,27,30)/b13-12+. The van der Waals surface area contributed by atoms with Crippen molar-refractivity contribution < 1.29 is 9.59 Å². The second-order valence-electron chi connectivity index (χ2n) is 6.92. The van der Waals surface area contributed by atoms with Crippen molar-refractivity contribution >= 4 is 51.4 Å². The van der Waals surface area contributed by atoms with Gasteiger partial charge in [-0.05, 0) is 56.3 Å². The van der Waals surface area contributed by atoms with E-state index in [1.165, 1.54) is 6.08 Å². The second kappa shape index (κ2) is 8.85. The van der Waals surface area contributed by atoms with E-state index in [1.54, 1.807) is 41.7 Å². The summed E-state index contributed by atoms with van der Waals surface area (Å²) in [4.78, 5) is 31.0. The molecule has 2 aromatic heterocycles. The van der Waals surface area contributed by atoms with Crippen LogP contribution in [-0.4, -0.2) is 21.3 Å². The first-order valence-corrected chi connectivity index (χ1v) is 10.5. The molecule has 0 aliphatic carbocycles. The molecule has 3 amide bonds. The minimum atomic E-state index is -0.336. The molecule has 0 spiro atoms. The van der Waals surface area contributed by atoms with E-state index < -0.39 is 0 Å². The van der Waals surface area contributed by atoms with Gasteiger partial charge in [-0.1, -0.05) is 18.2 Å². The van der Waals surface area contributed by atoms with Gasteiger partial charge in [0, 0.05) is 34.2 Å². The SMILES string of the molecule is Cc1cn2c(/C=C/C(=O)Nc3ccc(NC(=O)Nc4ccccc4)cc3)c(C)nc2s1. The third-order valence-corrected chi connectivity index (χ3v) is 5.40. The van der Waals surface area contributed by atoms with Crippen LogP contribution in [0.5, 0.6) is 0 Å². The molecule has 4 aromatic rings. The molecule has 2 heterocycles. The highest BCUT2D eigenvalue weighted by molar-refractivity contribution is 7.17. The number of thiazole rings is 1. The Morgan fingerprint density at radius 3 is 2.19 bits per heavy atom. The third kappa shape index (κ3) is 4.99. The summed E-state index contributed by atoms with van der Waals surface area (Å²) in [5.74, 6) is -0.246. The molecule has 8 heteroatoms. The molecule has 156 valence electrons. The molecule has 7 nitrogen and oxygen atoms in total. The zero-order valence-electron chi connectivity index (χ0n) is 17.0. The number of anilines is 3. The average Bonchev–Trinajstić information content (AvgIpc) is 3.23. The molecule has 0 radical (unpaired) electrons. The summed E-state index contributed by atoms with van der Waals surface area (Å²) in [6, 6.07) is 15.8. The molecule has 4 rings (SSSR count). The summed E-state index contributed by atoms with van der Waals surface area (Å²) in [5.41, 5.74) is 3.72. The number of nitrogens with one attached hydrogen (secondary N) is 3. The van der Waals surface area contributed by atoms with Gasteiger partial charge in [0.1, 0.15) is 0 Å². The summed E-state index contributed by atoms with van der Waals surface area (Å²) in [6.45, 7) is 3.95. The summed E-state index contributed by atoms with van der Waals surface area (Å²) in [7, 11) is 0. The highest BCUT2D eigenvalue weighted by atomic mass is 32.1. The molecule has 0 aliphatic heterocycles. The van der Waals surface area contributed by atoms with Gasteiger partial charge in [-0.25, -0.2) is 9.78 Å². The van der Waals surface area contributed by atoms with Gasteiger partial charge in [0.2, 0.25) is 5.91 Å². The number of aryl methyl sites for hydroxylation is 2. The maximum Gasteiger partial charge on any atom is 0.323 e. The number of para-hydroxylation sites is 1. The zero-order chi connectivity index (χ0) is 21.8. The third-order valence-electron chi connectivity index (χ3n) is 4.50. The molecule has 0 aliphatic rings. The first kappa shape index (κ1) is 20.4. The maximum absolute atomic E-state index is 12.3. The number of nitrogens with zero attached hydrogens (tertiary/aromatic N) is 2. The Bertz CT molecular complexity index is 1260. The lowest BCUT2D eigenvalue weighted by atomic mass is 10.2. The fourth-order valence-electron chi connectivity index (χ4n) is 3.07. The van der Waals surface area contributed by atoms with Crippen LogP contribution in [0.15, 0.2) is 66.9 Å². The number of carbonyl (C=O) groups excluding carboxylic acids is 2. The van der Waals surface area contributed by atoms with Crippen LogP contribution >= 0.6 is 11.3 Å². The molecule has 0 atom stereocenters. The van der Waals surface area contributed by atoms with Crippen LogP contribution in [0, 0.1) is 13.8 Å². The van der Waals surface area contributed by atoms with Crippen LogP contribution in [0.3, 0.4) is 0 Å². The minimum absolute atomic E-state index is 0.246. The van der Waals surface area contributed by atoms with Crippen molar-refractivity contribution in [1.29, 1.82) is 0 Å². The van der Waals surface area contributed by atoms with Gasteiger partial charge in [-0.3, -0.25) is 9.20 Å². The van der Waals surface area contributed by atoms with E-state index in [1.807, 2.05) is 54.8 Å². The Hall–Kier alpha value is -3.91. The van der Waals surface area contributed by atoms with E-state index in [2.05, 4.69) is 20.9 Å². The Morgan fingerprint density at radius 1 is 0.903 bits per heavy atom. The summed E-state index contributed by atoms with van der Waals surface area (Å²) in [6.07, 6.45) is 5.26. The van der Waals surface area contributed by atoms with Gasteiger partial charge < -0.3 is 16.0 Å². The molecule has 0 saturated carbocycles. The Kier molecular flexibility index (Phi) is 5.81. The van der Waals surface area contributed by atoms with Gasteiger partial charge >= 0.3 is 6.03 Å². The fraction of sp³-hybridized carbons (Fsp3) is 0.0870. The van der Waals surface area contributed by atoms with E-state index in [0.717, 1.165) is 21.2 Å². The monoisotopic (exact) mass is 431 g/mol. The Labute approximate surface area is 183 Å². The maximum atomic E-state index is 12.3. The van der Waals surface area contributed by atoms with Crippen LogP contribution in [-0.2, 0) is 4.79 Å². The van der Waals surface area contributed by atoms with E-state index in [9.17, 15) is 9.59 Å². The second-order valence-corrected chi connectivity index (χ2v) is 8.14. The normalized spacial score (nSPS) is 11.0. The predicted octanol–water partition coefficient (Wildman–Crippen LogP) is 5.31. The van der Waals surface area contributed by atoms with E-state index in [4.69, 9.17) is 0 Å². The molecule has 3 N–H and O–H groups in total. The molecule has 0 unspecified atom stereocenters. The number of amides is 3. The summed E-state index contributed by atoms with van der Waals surface area (Å²) < 4.78 is 1.99. The Morgan fingerprint density at radius 2 is 1.52 bits per heavy atom. The van der Waals surface area contributed by atoms with E-state index in [0.29, 0.717) is 17.1 Å². The number of carbonyl (C=O) groups is 2. The van der Waals surface area contributed by atoms with Crippen LogP contribution in [0.1, 0.15) is 16.3 Å². The molecular weight excluding hydrogens is 410 g/mol. The summed E-state index contributed by atoms with van der Waals surface area (Å²) >= 11 is 1.61. The van der Waals surface area contributed by atoms with Gasteiger partial charge in [0.25, 0.3) is 0 Å². The smallest absolute Gasteiger partial charge is 0.323 e. The number of hydrogen-bond donors (Lipinski definition) is 3. The van der Waals surface area contributed by atoms with Gasteiger partial charge in [-0.15, -0.1) is 11.3 Å². The lowest BCUT2D eigenvalue weighted by Gasteiger charge is -2.08. The van der Waals surface area contributed by atoms with Crippen molar-refractivity contribution in [2.75, 3.05) is 16.0 Å². The Balaban J connectivity index is 1.35. The molecular formula is C23H21N5O2S. The summed E-state index contributed by atoms with van der Waals surface area (Å²) in [5, 5.41) is 8.32. The van der Waals surface area contributed by atoms with Crippen LogP contribution in [0.25, 0.3) is 11.0 Å². The van der Waals surface area contributed by atoms with Gasteiger partial charge in [0.05, 0.1) is 11.4 Å². The first-order valence-electron chi connectivity index (χ1n) is 9.65. The molecule has 2 aromatic carbocycles. The highest BCUT2D eigenvalue weighted by Crippen LogP contribution is 2.21. The van der Waals surface area contributed by atoms with Crippen molar-refractivity contribution in [3.8, 4) is 0 Å². The van der Waals surface area contributed by atoms with Crippen molar-refractivity contribution in [3.63, 3.8) is 0 Å². The molecule has 0 bridgehead atoms. The average molecular weight is 432 g/mol. The van der Waals surface area contributed by atoms with Gasteiger partial charge in [-0.2, -0.15) is 0 Å². The highest BCUT2D eigenvalue weighted by Gasteiger charge is 2.09. The number of aromatic nitrogens is 2. The molecule has 0 fully saturated rings. The zero-order valence-corrected chi connectivity index (χ0v) is 17.9. The van der Waals surface area contributed by atoms with E-state index >= 15 is 0 Å². The fourth-order valence-corrected chi connectivity index (χ4v) is 3.95. The van der Waals surface area contributed by atoms with Crippen LogP contribution in [0.4, 0.5) is 21.9 Å². The predicted molar refractivity (Wildman–Crippen MR) is 126 cm³/mol. The quantitative estimate of drug-likeness (QED) is 0.374. The first-order chi connectivity index (χ1) is 15.0. The number of hydrogen-bond acceptors (Lipinski definition) is 4. The van der Waals surface area contributed by atoms with Crippen LogP contribution in [0.2, 0.25) is 0 Å². The van der Waals surface area contributed by atoms with Crippen molar-refractivity contribution in [1.82, 2.24) is 9.38 Å². The van der Waals surface area contributed by atoms with Crippen molar-refractivity contribution in [2.45, 2.75) is 13.8 Å². The molecule has 31 heavy (non-hydrogen) atoms. The van der Waals surface area contributed by atoms with E-state index in [-0.39, 0.29) is 11.9 Å². The van der Waals surface area contributed by atoms with Crippen LogP contribution < -0.4 is 16.0 Å². The largest absolute Gasteiger partial charge is 0.323 e. The number of urea groups is 1. The number of imidazole rings is 1. The van der Waals surface area contributed by atoms with Crippen molar-refractivity contribution in [3.05, 3.63) is 83.1 Å². The van der Waals surface area contributed by atoms with Gasteiger partial charge in [0.15, 0.2) is 4.96 Å².